The minimum atomic E-state index is -0.0924. The molecule has 3 aliphatic rings. The molecule has 1 saturated heterocycles. The summed E-state index contributed by atoms with van der Waals surface area (Å²) in [5, 5.41) is 0. The average Bonchev–Trinajstić information content (AvgIpc) is 3.58. The number of ether oxygens (including phenoxy) is 4. The number of carbonyl (C=O) groups is 1. The highest BCUT2D eigenvalue weighted by Gasteiger charge is 2.42. The molecule has 4 atom stereocenters. The maximum absolute atomic E-state index is 13.8. The van der Waals surface area contributed by atoms with Gasteiger partial charge in [-0.1, -0.05) is 13.3 Å². The average molecular weight is 611 g/mol. The zero-order valence-electron chi connectivity index (χ0n) is 25.8. The summed E-state index contributed by atoms with van der Waals surface area (Å²) in [6, 6.07) is 12.3. The van der Waals surface area contributed by atoms with Crippen molar-refractivity contribution < 1.29 is 28.2 Å². The zero-order valence-corrected chi connectivity index (χ0v) is 26.6. The summed E-state index contributed by atoms with van der Waals surface area (Å²) in [5.41, 5.74) is 5.05. The Morgan fingerprint density at radius 3 is 2.07 bits per heavy atom. The van der Waals surface area contributed by atoms with Gasteiger partial charge in [-0.25, -0.2) is 0 Å². The normalized spacial score (nSPS) is 22.9. The lowest BCUT2D eigenvalue weighted by Crippen LogP contribution is -2.47. The van der Waals surface area contributed by atoms with E-state index in [-0.39, 0.29) is 24.4 Å². The fourth-order valence-corrected chi connectivity index (χ4v) is 7.61. The number of amides is 1. The molecule has 9 heteroatoms. The van der Waals surface area contributed by atoms with Gasteiger partial charge in [0.1, 0.15) is 0 Å². The number of halogens is 1. The van der Waals surface area contributed by atoms with Crippen molar-refractivity contribution in [2.24, 2.45) is 11.8 Å². The maximum Gasteiger partial charge on any atom is 0.290 e. The van der Waals surface area contributed by atoms with Crippen molar-refractivity contribution in [2.45, 2.75) is 51.1 Å². The van der Waals surface area contributed by atoms with Crippen LogP contribution in [0.2, 0.25) is 0 Å². The van der Waals surface area contributed by atoms with Crippen molar-refractivity contribution in [3.05, 3.63) is 70.7 Å². The molecule has 8 nitrogen and oxygen atoms in total. The third-order valence-corrected chi connectivity index (χ3v) is 9.82. The second-order valence-electron chi connectivity index (χ2n) is 11.7. The van der Waals surface area contributed by atoms with Crippen LogP contribution in [0.1, 0.15) is 71.1 Å². The number of piperidine rings is 1. The monoisotopic (exact) mass is 610 g/mol. The molecule has 0 radical (unpaired) electrons. The quantitative estimate of drug-likeness (QED) is 0.288. The molecule has 3 aliphatic heterocycles. The molecule has 4 unspecified atom stereocenters. The Hall–Kier alpha value is -3.36. The van der Waals surface area contributed by atoms with Crippen LogP contribution in [0.5, 0.6) is 23.0 Å². The predicted octanol–water partition coefficient (Wildman–Crippen LogP) is 6.51. The molecule has 1 aromatic heterocycles. The van der Waals surface area contributed by atoms with Crippen molar-refractivity contribution in [2.75, 3.05) is 48.1 Å². The van der Waals surface area contributed by atoms with Gasteiger partial charge in [0.2, 0.25) is 0 Å². The van der Waals surface area contributed by atoms with Crippen LogP contribution >= 0.6 is 12.4 Å². The number of furan rings is 1. The lowest BCUT2D eigenvalue weighted by molar-refractivity contribution is 0.0278. The first kappa shape index (κ1) is 31.1. The highest BCUT2D eigenvalue weighted by molar-refractivity contribution is 5.92. The van der Waals surface area contributed by atoms with Crippen molar-refractivity contribution in [3.8, 4) is 23.0 Å². The zero-order chi connectivity index (χ0) is 29.4. The summed E-state index contributed by atoms with van der Waals surface area (Å²) in [6.45, 7) is 5.03. The van der Waals surface area contributed by atoms with Crippen molar-refractivity contribution in [1.82, 2.24) is 9.80 Å². The van der Waals surface area contributed by atoms with Gasteiger partial charge in [-0.3, -0.25) is 9.69 Å². The molecular weight excluding hydrogens is 568 g/mol. The molecule has 232 valence electrons. The summed E-state index contributed by atoms with van der Waals surface area (Å²) >= 11 is 0. The van der Waals surface area contributed by atoms with Crippen molar-refractivity contribution >= 4 is 18.3 Å². The van der Waals surface area contributed by atoms with Gasteiger partial charge < -0.3 is 28.3 Å². The Morgan fingerprint density at radius 1 is 0.860 bits per heavy atom. The first-order valence-corrected chi connectivity index (χ1v) is 15.1. The smallest absolute Gasteiger partial charge is 0.290 e. The van der Waals surface area contributed by atoms with Crippen LogP contribution in [-0.2, 0) is 12.8 Å². The van der Waals surface area contributed by atoms with Gasteiger partial charge in [0.15, 0.2) is 28.8 Å². The standard InChI is InChI=1S/C34H42N2O6.ClH/c1-6-21-20-35-11-9-22-16-30(38-2)32(40-4)18-25(22)27(35)14-24(21)15-28-26-19-33(41-5)31(39-3)17-23(26)10-12-36(28)34(37)29-8-7-13-42-29;/h7-8,13,16-19,21,24,27-28H,6,9-12,14-15,20H2,1-5H3;1H. The first-order valence-electron chi connectivity index (χ1n) is 15.1. The van der Waals surface area contributed by atoms with Gasteiger partial charge in [-0.05, 0) is 96.2 Å². The highest BCUT2D eigenvalue weighted by atomic mass is 35.5. The van der Waals surface area contributed by atoms with E-state index in [0.717, 1.165) is 68.0 Å². The topological polar surface area (TPSA) is 73.6 Å². The van der Waals surface area contributed by atoms with Crippen molar-refractivity contribution in [1.29, 1.82) is 0 Å². The molecule has 0 bridgehead atoms. The summed E-state index contributed by atoms with van der Waals surface area (Å²) in [4.78, 5) is 18.5. The summed E-state index contributed by atoms with van der Waals surface area (Å²) in [5.74, 6) is 4.27. The Bertz CT molecular complexity index is 1430. The van der Waals surface area contributed by atoms with E-state index in [1.807, 2.05) is 4.90 Å². The number of hydrogen-bond acceptors (Lipinski definition) is 7. The van der Waals surface area contributed by atoms with Gasteiger partial charge in [0, 0.05) is 25.7 Å². The molecule has 6 rings (SSSR count). The van der Waals surface area contributed by atoms with Crippen LogP contribution in [0.25, 0.3) is 0 Å². The van der Waals surface area contributed by atoms with Gasteiger partial charge >= 0.3 is 0 Å². The van der Waals surface area contributed by atoms with Gasteiger partial charge in [0.05, 0.1) is 40.7 Å². The molecule has 1 fully saturated rings. The van der Waals surface area contributed by atoms with E-state index in [1.54, 1.807) is 46.8 Å². The third-order valence-electron chi connectivity index (χ3n) is 9.82. The fraction of sp³-hybridized carbons (Fsp3) is 0.500. The number of methoxy groups -OCH3 is 4. The highest BCUT2D eigenvalue weighted by Crippen LogP contribution is 2.49. The van der Waals surface area contributed by atoms with Crippen LogP contribution in [0.3, 0.4) is 0 Å². The molecule has 0 saturated carbocycles. The van der Waals surface area contributed by atoms with E-state index in [4.69, 9.17) is 23.4 Å². The van der Waals surface area contributed by atoms with Gasteiger partial charge in [-0.15, -0.1) is 12.4 Å². The minimum absolute atomic E-state index is 0. The molecule has 1 amide bonds. The number of rotatable bonds is 8. The molecule has 0 N–H and O–H groups in total. The maximum atomic E-state index is 13.8. The molecule has 0 spiro atoms. The number of carbonyl (C=O) groups excluding carboxylic acids is 1. The Labute approximate surface area is 260 Å². The van der Waals surface area contributed by atoms with Crippen molar-refractivity contribution in [3.63, 3.8) is 0 Å². The number of hydrogen-bond donors (Lipinski definition) is 0. The van der Waals surface area contributed by atoms with E-state index in [1.165, 1.54) is 16.7 Å². The molecule has 4 heterocycles. The molecule has 43 heavy (non-hydrogen) atoms. The third kappa shape index (κ3) is 5.67. The van der Waals surface area contributed by atoms with Crippen LogP contribution in [0, 0.1) is 11.8 Å². The lowest BCUT2D eigenvalue weighted by Gasteiger charge is -2.49. The number of nitrogens with zero attached hydrogens (tertiary/aromatic N) is 2. The van der Waals surface area contributed by atoms with Crippen LogP contribution in [0.15, 0.2) is 47.1 Å². The SMILES string of the molecule is CCC1CN2CCc3cc(OC)c(OC)cc3C2CC1CC1c2cc(OC)c(OC)cc2CCN1C(=O)c1ccco1.Cl. The summed E-state index contributed by atoms with van der Waals surface area (Å²) in [7, 11) is 6.74. The molecule has 0 aliphatic carbocycles. The first-order chi connectivity index (χ1) is 20.5. The number of fused-ring (bicyclic) bond motifs is 4. The molecular formula is C34H43ClN2O6. The van der Waals surface area contributed by atoms with E-state index >= 15 is 0 Å². The second kappa shape index (κ2) is 13.1. The number of benzene rings is 2. The molecule has 2 aromatic carbocycles. The Balaban J connectivity index is 0.00000368. The van der Waals surface area contributed by atoms with Gasteiger partial charge in [-0.2, -0.15) is 0 Å². The van der Waals surface area contributed by atoms with E-state index in [9.17, 15) is 4.79 Å². The van der Waals surface area contributed by atoms with E-state index in [2.05, 4.69) is 36.1 Å². The Kier molecular flexibility index (Phi) is 9.47. The van der Waals surface area contributed by atoms with Crippen LogP contribution < -0.4 is 18.9 Å². The van der Waals surface area contributed by atoms with Crippen LogP contribution in [0.4, 0.5) is 0 Å². The molecule has 3 aromatic rings. The second-order valence-corrected chi connectivity index (χ2v) is 11.7. The predicted molar refractivity (Wildman–Crippen MR) is 167 cm³/mol. The largest absolute Gasteiger partial charge is 0.493 e. The fourth-order valence-electron chi connectivity index (χ4n) is 7.61. The van der Waals surface area contributed by atoms with E-state index < -0.39 is 0 Å². The lowest BCUT2D eigenvalue weighted by atomic mass is 9.72. The summed E-state index contributed by atoms with van der Waals surface area (Å²) in [6.07, 6.45) is 6.34. The minimum Gasteiger partial charge on any atom is -0.493 e. The van der Waals surface area contributed by atoms with Crippen LogP contribution in [-0.4, -0.2) is 63.8 Å². The summed E-state index contributed by atoms with van der Waals surface area (Å²) < 4.78 is 28.3. The Morgan fingerprint density at radius 2 is 1.47 bits per heavy atom. The van der Waals surface area contributed by atoms with Gasteiger partial charge in [0.25, 0.3) is 5.91 Å². The van der Waals surface area contributed by atoms with E-state index in [0.29, 0.717) is 35.9 Å².